The first-order valence-electron chi connectivity index (χ1n) is 10.0. The fraction of sp³-hybridized carbons (Fsp3) is 0.524. The largest absolute Gasteiger partial charge is 0.325 e. The summed E-state index contributed by atoms with van der Waals surface area (Å²) in [5.41, 5.74) is 7.60. The highest BCUT2D eigenvalue weighted by molar-refractivity contribution is 6.23. The van der Waals surface area contributed by atoms with E-state index >= 15 is 0 Å². The zero-order valence-corrected chi connectivity index (χ0v) is 16.7. The monoisotopic (exact) mass is 398 g/mol. The van der Waals surface area contributed by atoms with Gasteiger partial charge in [0.2, 0.25) is 11.8 Å². The van der Waals surface area contributed by atoms with Gasteiger partial charge in [-0.15, -0.1) is 0 Å². The van der Waals surface area contributed by atoms with Gasteiger partial charge in [-0.1, -0.05) is 6.07 Å². The maximum Gasteiger partial charge on any atom is 0.262 e. The number of nitrogens with one attached hydrogen (secondary N) is 1. The Kier molecular flexibility index (Phi) is 4.78. The van der Waals surface area contributed by atoms with Crippen molar-refractivity contribution in [3.05, 3.63) is 34.9 Å². The zero-order chi connectivity index (χ0) is 20.9. The lowest BCUT2D eigenvalue weighted by molar-refractivity contribution is -0.136. The SMILES string of the molecule is CC(C)(N)C1CCN(Cc2ccc3c(c2)C(=O)N(C2CCC(=O)NC2=O)C3=O)C1. The molecule has 2 atom stereocenters. The fourth-order valence-corrected chi connectivity index (χ4v) is 4.46. The van der Waals surface area contributed by atoms with Crippen molar-refractivity contribution in [2.45, 2.75) is 51.2 Å². The summed E-state index contributed by atoms with van der Waals surface area (Å²) in [6, 6.07) is 4.34. The molecule has 0 bridgehead atoms. The first-order chi connectivity index (χ1) is 13.6. The minimum atomic E-state index is -0.935. The van der Waals surface area contributed by atoms with E-state index in [1.54, 1.807) is 12.1 Å². The summed E-state index contributed by atoms with van der Waals surface area (Å²) in [6.45, 7) is 6.61. The van der Waals surface area contributed by atoms with Gasteiger partial charge in [0.25, 0.3) is 11.8 Å². The number of nitrogens with two attached hydrogens (primary N) is 1. The third-order valence-electron chi connectivity index (χ3n) is 6.23. The summed E-state index contributed by atoms with van der Waals surface area (Å²) in [4.78, 5) is 52.5. The van der Waals surface area contributed by atoms with Gasteiger partial charge in [-0.05, 0) is 56.8 Å². The number of benzene rings is 1. The second-order valence-electron chi connectivity index (χ2n) is 8.87. The van der Waals surface area contributed by atoms with Crippen LogP contribution in [0.2, 0.25) is 0 Å². The van der Waals surface area contributed by atoms with Gasteiger partial charge in [0, 0.05) is 25.0 Å². The Bertz CT molecular complexity index is 904. The number of carbonyl (C=O) groups is 4. The quantitative estimate of drug-likeness (QED) is 0.720. The van der Waals surface area contributed by atoms with E-state index in [1.165, 1.54) is 0 Å². The first kappa shape index (κ1) is 19.7. The van der Waals surface area contributed by atoms with Crippen LogP contribution in [0, 0.1) is 5.92 Å². The number of nitrogens with zero attached hydrogens (tertiary/aromatic N) is 2. The molecule has 0 aliphatic carbocycles. The van der Waals surface area contributed by atoms with Crippen LogP contribution in [0.1, 0.15) is 59.4 Å². The molecule has 29 heavy (non-hydrogen) atoms. The maximum atomic E-state index is 12.9. The minimum absolute atomic E-state index is 0.114. The molecule has 1 aromatic carbocycles. The van der Waals surface area contributed by atoms with Crippen LogP contribution >= 0.6 is 0 Å². The molecule has 3 N–H and O–H groups in total. The third kappa shape index (κ3) is 3.58. The van der Waals surface area contributed by atoms with Gasteiger partial charge in [-0.3, -0.25) is 34.3 Å². The number of likely N-dealkylation sites (tertiary alicyclic amines) is 1. The Hall–Kier alpha value is -2.58. The molecule has 0 aromatic heterocycles. The number of rotatable bonds is 4. The summed E-state index contributed by atoms with van der Waals surface area (Å²) in [7, 11) is 0. The van der Waals surface area contributed by atoms with Crippen LogP contribution in [0.25, 0.3) is 0 Å². The van der Waals surface area contributed by atoms with Crippen LogP contribution in [-0.2, 0) is 16.1 Å². The van der Waals surface area contributed by atoms with Crippen molar-refractivity contribution in [3.8, 4) is 0 Å². The standard InChI is InChI=1S/C21H26N4O4/c1-21(2,22)13-7-8-24(11-13)10-12-3-4-14-15(9-12)20(29)25(19(14)28)16-5-6-17(26)23-18(16)27/h3-4,9,13,16H,5-8,10-11,22H2,1-2H3,(H,23,26,27). The van der Waals surface area contributed by atoms with Gasteiger partial charge in [0.1, 0.15) is 6.04 Å². The second-order valence-corrected chi connectivity index (χ2v) is 8.87. The summed E-state index contributed by atoms with van der Waals surface area (Å²) < 4.78 is 0. The summed E-state index contributed by atoms with van der Waals surface area (Å²) in [5.74, 6) is -1.50. The first-order valence-corrected chi connectivity index (χ1v) is 10.0. The van der Waals surface area contributed by atoms with Gasteiger partial charge < -0.3 is 5.73 Å². The smallest absolute Gasteiger partial charge is 0.262 e. The van der Waals surface area contributed by atoms with Gasteiger partial charge in [-0.25, -0.2) is 0 Å². The van der Waals surface area contributed by atoms with Crippen LogP contribution in [0.5, 0.6) is 0 Å². The fourth-order valence-electron chi connectivity index (χ4n) is 4.46. The predicted octanol–water partition coefficient (Wildman–Crippen LogP) is 0.647. The van der Waals surface area contributed by atoms with Crippen LogP contribution < -0.4 is 11.1 Å². The van der Waals surface area contributed by atoms with Gasteiger partial charge in [-0.2, -0.15) is 0 Å². The Morgan fingerprint density at radius 3 is 2.48 bits per heavy atom. The number of fused-ring (bicyclic) bond motifs is 1. The Morgan fingerprint density at radius 2 is 1.83 bits per heavy atom. The zero-order valence-electron chi connectivity index (χ0n) is 16.7. The molecular weight excluding hydrogens is 372 g/mol. The number of amides is 4. The van der Waals surface area contributed by atoms with E-state index in [-0.39, 0.29) is 24.3 Å². The molecule has 3 heterocycles. The number of carbonyl (C=O) groups excluding carboxylic acids is 4. The van der Waals surface area contributed by atoms with Crippen LogP contribution in [0.4, 0.5) is 0 Å². The average molecular weight is 398 g/mol. The molecule has 1 aromatic rings. The highest BCUT2D eigenvalue weighted by Gasteiger charge is 2.44. The van der Waals surface area contributed by atoms with Gasteiger partial charge >= 0.3 is 0 Å². The molecule has 8 heteroatoms. The Morgan fingerprint density at radius 1 is 1.10 bits per heavy atom. The molecule has 3 aliphatic rings. The van der Waals surface area contributed by atoms with Crippen LogP contribution in [-0.4, -0.2) is 58.1 Å². The Labute approximate surface area is 169 Å². The molecule has 154 valence electrons. The molecule has 2 fully saturated rings. The van der Waals surface area contributed by atoms with Crippen molar-refractivity contribution in [3.63, 3.8) is 0 Å². The van der Waals surface area contributed by atoms with Gasteiger partial charge in [0.15, 0.2) is 0 Å². The number of piperidine rings is 1. The van der Waals surface area contributed by atoms with Crippen molar-refractivity contribution in [2.75, 3.05) is 13.1 Å². The summed E-state index contributed by atoms with van der Waals surface area (Å²) in [5, 5.41) is 2.21. The minimum Gasteiger partial charge on any atom is -0.325 e. The molecule has 0 saturated carbocycles. The lowest BCUT2D eigenvalue weighted by Crippen LogP contribution is -2.54. The second kappa shape index (κ2) is 7.03. The van der Waals surface area contributed by atoms with E-state index in [1.807, 2.05) is 19.9 Å². The number of hydrogen-bond donors (Lipinski definition) is 2. The topological polar surface area (TPSA) is 113 Å². The molecule has 2 saturated heterocycles. The van der Waals surface area contributed by atoms with E-state index < -0.39 is 23.8 Å². The van der Waals surface area contributed by atoms with Crippen molar-refractivity contribution in [1.29, 1.82) is 0 Å². The lowest BCUT2D eigenvalue weighted by atomic mass is 9.88. The van der Waals surface area contributed by atoms with Crippen molar-refractivity contribution in [1.82, 2.24) is 15.1 Å². The van der Waals surface area contributed by atoms with Crippen molar-refractivity contribution >= 4 is 23.6 Å². The molecular formula is C21H26N4O4. The molecule has 4 amide bonds. The third-order valence-corrected chi connectivity index (χ3v) is 6.23. The van der Waals surface area contributed by atoms with E-state index in [4.69, 9.17) is 5.73 Å². The Balaban J connectivity index is 1.50. The van der Waals surface area contributed by atoms with E-state index in [9.17, 15) is 19.2 Å². The van der Waals surface area contributed by atoms with Crippen LogP contribution in [0.15, 0.2) is 18.2 Å². The van der Waals surface area contributed by atoms with E-state index in [0.29, 0.717) is 23.6 Å². The molecule has 4 rings (SSSR count). The lowest BCUT2D eigenvalue weighted by Gasteiger charge is -2.27. The average Bonchev–Trinajstić information content (AvgIpc) is 3.20. The molecule has 3 aliphatic heterocycles. The number of hydrogen-bond acceptors (Lipinski definition) is 6. The predicted molar refractivity (Wildman–Crippen MR) is 105 cm³/mol. The molecule has 2 unspecified atom stereocenters. The van der Waals surface area contributed by atoms with E-state index in [0.717, 1.165) is 30.0 Å². The molecule has 0 radical (unpaired) electrons. The summed E-state index contributed by atoms with van der Waals surface area (Å²) in [6.07, 6.45) is 1.31. The highest BCUT2D eigenvalue weighted by atomic mass is 16.2. The van der Waals surface area contributed by atoms with Gasteiger partial charge in [0.05, 0.1) is 11.1 Å². The maximum absolute atomic E-state index is 12.9. The normalized spacial score (nSPS) is 25.6. The summed E-state index contributed by atoms with van der Waals surface area (Å²) >= 11 is 0. The van der Waals surface area contributed by atoms with Crippen molar-refractivity contribution < 1.29 is 19.2 Å². The highest BCUT2D eigenvalue weighted by Crippen LogP contribution is 2.30. The molecule has 8 nitrogen and oxygen atoms in total. The van der Waals surface area contributed by atoms with E-state index in [2.05, 4.69) is 10.2 Å². The molecule has 0 spiro atoms. The number of imide groups is 2. The van der Waals surface area contributed by atoms with Crippen LogP contribution in [0.3, 0.4) is 0 Å². The van der Waals surface area contributed by atoms with Crippen molar-refractivity contribution in [2.24, 2.45) is 11.7 Å².